The van der Waals surface area contributed by atoms with Crippen molar-refractivity contribution in [3.8, 4) is 0 Å². The van der Waals surface area contributed by atoms with Crippen LogP contribution in [0.1, 0.15) is 33.9 Å². The molecule has 19 heavy (non-hydrogen) atoms. The first-order valence-electron chi connectivity index (χ1n) is 6.18. The first-order chi connectivity index (χ1) is 8.90. The van der Waals surface area contributed by atoms with E-state index in [0.717, 1.165) is 11.3 Å². The van der Waals surface area contributed by atoms with Gasteiger partial charge in [-0.25, -0.2) is 0 Å². The van der Waals surface area contributed by atoms with E-state index in [9.17, 15) is 9.59 Å². The second kappa shape index (κ2) is 4.91. The molecule has 5 heteroatoms. The highest BCUT2D eigenvalue weighted by atomic mass is 16.4. The summed E-state index contributed by atoms with van der Waals surface area (Å²) in [4.78, 5) is 23.0. The third kappa shape index (κ3) is 2.54. The van der Waals surface area contributed by atoms with Crippen molar-refractivity contribution in [3.63, 3.8) is 0 Å². The highest BCUT2D eigenvalue weighted by Gasteiger charge is 2.27. The van der Waals surface area contributed by atoms with E-state index in [4.69, 9.17) is 9.52 Å². The molecule has 1 aromatic rings. The quantitative estimate of drug-likeness (QED) is 0.817. The minimum absolute atomic E-state index is 0.215. The minimum atomic E-state index is -0.862. The van der Waals surface area contributed by atoms with E-state index in [1.165, 1.54) is 0 Å². The number of carbonyl (C=O) groups is 2. The van der Waals surface area contributed by atoms with Gasteiger partial charge in [0, 0.05) is 11.6 Å². The zero-order valence-corrected chi connectivity index (χ0v) is 11.2. The highest BCUT2D eigenvalue weighted by Crippen LogP contribution is 2.22. The topological polar surface area (TPSA) is 79.5 Å². The number of carboxylic acid groups (broad SMARTS) is 1. The molecule has 0 aromatic carbocycles. The maximum Gasteiger partial charge on any atom is 0.310 e. The van der Waals surface area contributed by atoms with E-state index < -0.39 is 11.9 Å². The van der Waals surface area contributed by atoms with Gasteiger partial charge in [0.25, 0.3) is 5.91 Å². The zero-order chi connectivity index (χ0) is 14.2. The van der Waals surface area contributed by atoms with Gasteiger partial charge < -0.3 is 14.8 Å². The summed E-state index contributed by atoms with van der Waals surface area (Å²) in [5.41, 5.74) is 1.37. The SMILES string of the molecule is Cc1oc(C)c(C(=O)NC2C=CC(C(=O)O)C2)c1C. The number of carbonyl (C=O) groups excluding carboxylic acids is 1. The third-order valence-electron chi connectivity index (χ3n) is 3.51. The Bertz CT molecular complexity index is 556. The number of nitrogens with one attached hydrogen (secondary N) is 1. The van der Waals surface area contributed by atoms with Crippen LogP contribution >= 0.6 is 0 Å². The predicted octanol–water partition coefficient (Wildman–Crippen LogP) is 1.96. The number of carboxylic acids is 1. The molecule has 0 saturated heterocycles. The van der Waals surface area contributed by atoms with Gasteiger partial charge in [-0.3, -0.25) is 9.59 Å². The van der Waals surface area contributed by atoms with Crippen LogP contribution in [0.2, 0.25) is 0 Å². The Labute approximate surface area is 111 Å². The highest BCUT2D eigenvalue weighted by molar-refractivity contribution is 5.97. The molecule has 1 heterocycles. The van der Waals surface area contributed by atoms with Crippen molar-refractivity contribution < 1.29 is 19.1 Å². The van der Waals surface area contributed by atoms with Gasteiger partial charge in [0.1, 0.15) is 11.5 Å². The molecule has 1 amide bonds. The second-order valence-corrected chi connectivity index (χ2v) is 4.86. The summed E-state index contributed by atoms with van der Waals surface area (Å²) in [6.07, 6.45) is 3.75. The number of amides is 1. The Morgan fingerprint density at radius 3 is 2.42 bits per heavy atom. The summed E-state index contributed by atoms with van der Waals surface area (Å²) in [5, 5.41) is 11.7. The molecule has 1 aliphatic carbocycles. The number of hydrogen-bond acceptors (Lipinski definition) is 3. The fraction of sp³-hybridized carbons (Fsp3) is 0.429. The number of aliphatic carboxylic acids is 1. The van der Waals surface area contributed by atoms with Crippen molar-refractivity contribution in [2.75, 3.05) is 0 Å². The lowest BCUT2D eigenvalue weighted by atomic mass is 10.1. The zero-order valence-electron chi connectivity index (χ0n) is 11.2. The lowest BCUT2D eigenvalue weighted by Gasteiger charge is -2.12. The summed E-state index contributed by atoms with van der Waals surface area (Å²) < 4.78 is 5.42. The molecule has 2 atom stereocenters. The summed E-state index contributed by atoms with van der Waals surface area (Å²) in [6, 6.07) is -0.234. The largest absolute Gasteiger partial charge is 0.481 e. The Morgan fingerprint density at radius 2 is 1.95 bits per heavy atom. The van der Waals surface area contributed by atoms with Crippen LogP contribution in [0.15, 0.2) is 16.6 Å². The lowest BCUT2D eigenvalue weighted by molar-refractivity contribution is -0.140. The molecule has 0 bridgehead atoms. The van der Waals surface area contributed by atoms with Gasteiger partial charge in [0.05, 0.1) is 11.5 Å². The van der Waals surface area contributed by atoms with Crippen molar-refractivity contribution in [1.82, 2.24) is 5.32 Å². The van der Waals surface area contributed by atoms with Gasteiger partial charge >= 0.3 is 5.97 Å². The molecular weight excluding hydrogens is 246 g/mol. The monoisotopic (exact) mass is 263 g/mol. The molecule has 2 N–H and O–H groups in total. The van der Waals surface area contributed by atoms with E-state index in [2.05, 4.69) is 5.32 Å². The van der Waals surface area contributed by atoms with Gasteiger partial charge in [-0.15, -0.1) is 0 Å². The Morgan fingerprint density at radius 1 is 1.26 bits per heavy atom. The molecule has 0 spiro atoms. The third-order valence-corrected chi connectivity index (χ3v) is 3.51. The van der Waals surface area contributed by atoms with Gasteiger partial charge in [-0.05, 0) is 27.2 Å². The summed E-state index contributed by atoms with van der Waals surface area (Å²) >= 11 is 0. The normalized spacial score (nSPS) is 21.6. The smallest absolute Gasteiger partial charge is 0.310 e. The molecule has 1 aromatic heterocycles. The molecule has 0 aliphatic heterocycles. The fourth-order valence-corrected chi connectivity index (χ4v) is 2.36. The lowest BCUT2D eigenvalue weighted by Crippen LogP contribution is -2.33. The van der Waals surface area contributed by atoms with Crippen LogP contribution in [0.3, 0.4) is 0 Å². The van der Waals surface area contributed by atoms with Crippen LogP contribution in [-0.2, 0) is 4.79 Å². The molecule has 0 radical (unpaired) electrons. The van der Waals surface area contributed by atoms with E-state index in [-0.39, 0.29) is 11.9 Å². The van der Waals surface area contributed by atoms with Crippen LogP contribution in [0.5, 0.6) is 0 Å². The molecule has 2 unspecified atom stereocenters. The van der Waals surface area contributed by atoms with Crippen molar-refractivity contribution in [2.24, 2.45) is 5.92 Å². The minimum Gasteiger partial charge on any atom is -0.481 e. The van der Waals surface area contributed by atoms with Crippen LogP contribution in [-0.4, -0.2) is 23.0 Å². The summed E-state index contributed by atoms with van der Waals surface area (Å²) in [6.45, 7) is 5.40. The Balaban J connectivity index is 2.07. The number of furan rings is 1. The Hall–Kier alpha value is -2.04. The van der Waals surface area contributed by atoms with Crippen LogP contribution in [0.4, 0.5) is 0 Å². The molecule has 5 nitrogen and oxygen atoms in total. The van der Waals surface area contributed by atoms with E-state index in [1.807, 2.05) is 13.8 Å². The number of aryl methyl sites for hydroxylation is 2. The average Bonchev–Trinajstić information content (AvgIpc) is 2.85. The van der Waals surface area contributed by atoms with Gasteiger partial charge in [-0.2, -0.15) is 0 Å². The van der Waals surface area contributed by atoms with Gasteiger partial charge in [0.2, 0.25) is 0 Å². The Kier molecular flexibility index (Phi) is 3.46. The molecular formula is C14H17NO4. The maximum atomic E-state index is 12.2. The van der Waals surface area contributed by atoms with Crippen molar-refractivity contribution in [3.05, 3.63) is 34.8 Å². The van der Waals surface area contributed by atoms with E-state index in [0.29, 0.717) is 17.7 Å². The summed E-state index contributed by atoms with van der Waals surface area (Å²) in [5.74, 6) is -0.275. The van der Waals surface area contributed by atoms with Crippen LogP contribution in [0, 0.1) is 26.7 Å². The predicted molar refractivity (Wildman–Crippen MR) is 69.1 cm³/mol. The number of hydrogen-bond donors (Lipinski definition) is 2. The van der Waals surface area contributed by atoms with E-state index in [1.54, 1.807) is 19.1 Å². The molecule has 1 aliphatic rings. The standard InChI is InChI=1S/C14H17NO4/c1-7-8(2)19-9(3)12(7)13(16)15-11-5-4-10(6-11)14(17)18/h4-5,10-11H,6H2,1-3H3,(H,15,16)(H,17,18). The van der Waals surface area contributed by atoms with Crippen molar-refractivity contribution in [1.29, 1.82) is 0 Å². The van der Waals surface area contributed by atoms with Gasteiger partial charge in [-0.1, -0.05) is 12.2 Å². The summed E-state index contributed by atoms with van der Waals surface area (Å²) in [7, 11) is 0. The van der Waals surface area contributed by atoms with Crippen LogP contribution < -0.4 is 5.32 Å². The van der Waals surface area contributed by atoms with Gasteiger partial charge in [0.15, 0.2) is 0 Å². The molecule has 0 saturated carbocycles. The van der Waals surface area contributed by atoms with Crippen molar-refractivity contribution >= 4 is 11.9 Å². The fourth-order valence-electron chi connectivity index (χ4n) is 2.36. The van der Waals surface area contributed by atoms with Crippen LogP contribution in [0.25, 0.3) is 0 Å². The first-order valence-corrected chi connectivity index (χ1v) is 6.18. The molecule has 102 valence electrons. The van der Waals surface area contributed by atoms with Crippen molar-refractivity contribution in [2.45, 2.75) is 33.2 Å². The number of rotatable bonds is 3. The maximum absolute atomic E-state index is 12.2. The first kappa shape index (κ1) is 13.4. The molecule has 2 rings (SSSR count). The molecule has 0 fully saturated rings. The second-order valence-electron chi connectivity index (χ2n) is 4.86. The average molecular weight is 263 g/mol. The van der Waals surface area contributed by atoms with E-state index >= 15 is 0 Å².